The van der Waals surface area contributed by atoms with Crippen LogP contribution < -0.4 is 10.6 Å². The molecule has 5 nitrogen and oxygen atoms in total. The molecular formula is C20H28FN5S. The number of piperidine rings is 1. The Morgan fingerprint density at radius 2 is 2.07 bits per heavy atom. The molecule has 2 aromatic rings. The summed E-state index contributed by atoms with van der Waals surface area (Å²) in [6.45, 7) is 6.37. The number of aryl methyl sites for hydroxylation is 1. The highest BCUT2D eigenvalue weighted by Gasteiger charge is 2.20. The number of thiazole rings is 1. The second-order valence-electron chi connectivity index (χ2n) is 6.98. The Morgan fingerprint density at radius 3 is 2.74 bits per heavy atom. The summed E-state index contributed by atoms with van der Waals surface area (Å²) in [7, 11) is 1.79. The van der Waals surface area contributed by atoms with E-state index in [-0.39, 0.29) is 5.82 Å². The lowest BCUT2D eigenvalue weighted by Crippen LogP contribution is -2.42. The molecule has 1 aliphatic rings. The number of aliphatic imine (C=N–C) groups is 1. The monoisotopic (exact) mass is 389 g/mol. The molecule has 1 aromatic carbocycles. The Kier molecular flexibility index (Phi) is 7.18. The first-order valence-corrected chi connectivity index (χ1v) is 10.3. The van der Waals surface area contributed by atoms with E-state index in [0.717, 1.165) is 49.0 Å². The van der Waals surface area contributed by atoms with Crippen LogP contribution in [0.5, 0.6) is 0 Å². The van der Waals surface area contributed by atoms with Gasteiger partial charge in [-0.1, -0.05) is 18.2 Å². The normalized spacial score (nSPS) is 16.5. The number of rotatable bonds is 6. The SMILES string of the molecule is CN=C(NCc1ncc(C)s1)NCC1CCN(Cc2ccccc2F)CC1. The summed E-state index contributed by atoms with van der Waals surface area (Å²) in [5.74, 6) is 1.32. The molecule has 27 heavy (non-hydrogen) atoms. The van der Waals surface area contributed by atoms with Gasteiger partial charge in [-0.2, -0.15) is 0 Å². The van der Waals surface area contributed by atoms with E-state index in [4.69, 9.17) is 0 Å². The summed E-state index contributed by atoms with van der Waals surface area (Å²) in [5.41, 5.74) is 0.788. The molecule has 2 N–H and O–H groups in total. The highest BCUT2D eigenvalue weighted by atomic mass is 32.1. The van der Waals surface area contributed by atoms with Gasteiger partial charge in [0.2, 0.25) is 0 Å². The fourth-order valence-corrected chi connectivity index (χ4v) is 4.05. The molecule has 3 rings (SSSR count). The van der Waals surface area contributed by atoms with E-state index in [1.165, 1.54) is 10.9 Å². The van der Waals surface area contributed by atoms with Crippen molar-refractivity contribution in [3.05, 3.63) is 51.7 Å². The van der Waals surface area contributed by atoms with Crippen LogP contribution in [0.25, 0.3) is 0 Å². The average Bonchev–Trinajstić information content (AvgIpc) is 3.10. The van der Waals surface area contributed by atoms with Crippen LogP contribution in [0.1, 0.15) is 28.3 Å². The molecule has 146 valence electrons. The lowest BCUT2D eigenvalue weighted by atomic mass is 9.96. The third-order valence-corrected chi connectivity index (χ3v) is 5.83. The van der Waals surface area contributed by atoms with Crippen LogP contribution in [0.15, 0.2) is 35.5 Å². The molecule has 0 aliphatic carbocycles. The molecule has 1 saturated heterocycles. The van der Waals surface area contributed by atoms with E-state index in [0.29, 0.717) is 19.0 Å². The maximum absolute atomic E-state index is 13.8. The predicted octanol–water partition coefficient (Wildman–Crippen LogP) is 3.17. The zero-order valence-electron chi connectivity index (χ0n) is 16.0. The van der Waals surface area contributed by atoms with E-state index >= 15 is 0 Å². The maximum atomic E-state index is 13.8. The van der Waals surface area contributed by atoms with Gasteiger partial charge in [0.1, 0.15) is 10.8 Å². The summed E-state index contributed by atoms with van der Waals surface area (Å²) in [6.07, 6.45) is 4.13. The van der Waals surface area contributed by atoms with Gasteiger partial charge < -0.3 is 10.6 Å². The molecule has 0 spiro atoms. The molecule has 7 heteroatoms. The van der Waals surface area contributed by atoms with E-state index in [1.807, 2.05) is 18.3 Å². The highest BCUT2D eigenvalue weighted by Crippen LogP contribution is 2.19. The number of guanidine groups is 1. The van der Waals surface area contributed by atoms with Crippen molar-refractivity contribution in [2.75, 3.05) is 26.7 Å². The Bertz CT molecular complexity index is 752. The van der Waals surface area contributed by atoms with Crippen molar-refractivity contribution in [2.24, 2.45) is 10.9 Å². The number of halogens is 1. The first-order chi connectivity index (χ1) is 13.1. The van der Waals surface area contributed by atoms with Crippen molar-refractivity contribution in [1.29, 1.82) is 0 Å². The van der Waals surface area contributed by atoms with E-state index in [9.17, 15) is 4.39 Å². The average molecular weight is 390 g/mol. The van der Waals surface area contributed by atoms with Gasteiger partial charge in [0, 0.05) is 36.8 Å². The van der Waals surface area contributed by atoms with Crippen molar-refractivity contribution in [1.82, 2.24) is 20.5 Å². The first kappa shape index (κ1) is 19.8. The van der Waals surface area contributed by atoms with Gasteiger partial charge in [0.05, 0.1) is 6.54 Å². The largest absolute Gasteiger partial charge is 0.356 e. The summed E-state index contributed by atoms with van der Waals surface area (Å²) < 4.78 is 13.8. The minimum absolute atomic E-state index is 0.105. The maximum Gasteiger partial charge on any atom is 0.191 e. The molecule has 0 bridgehead atoms. The van der Waals surface area contributed by atoms with Crippen LogP contribution in [0.2, 0.25) is 0 Å². The van der Waals surface area contributed by atoms with Gasteiger partial charge in [-0.15, -0.1) is 11.3 Å². The smallest absolute Gasteiger partial charge is 0.191 e. The number of nitrogens with zero attached hydrogens (tertiary/aromatic N) is 3. The number of nitrogens with one attached hydrogen (secondary N) is 2. The Hall–Kier alpha value is -1.99. The van der Waals surface area contributed by atoms with Crippen molar-refractivity contribution >= 4 is 17.3 Å². The molecule has 1 fully saturated rings. The number of benzene rings is 1. The van der Waals surface area contributed by atoms with Crippen LogP contribution in [-0.2, 0) is 13.1 Å². The minimum Gasteiger partial charge on any atom is -0.356 e. The fourth-order valence-electron chi connectivity index (χ4n) is 3.32. The molecule has 0 amide bonds. The van der Waals surface area contributed by atoms with Crippen LogP contribution >= 0.6 is 11.3 Å². The molecule has 0 saturated carbocycles. The molecule has 1 aliphatic heterocycles. The number of likely N-dealkylation sites (tertiary alicyclic amines) is 1. The van der Waals surface area contributed by atoms with Crippen molar-refractivity contribution in [2.45, 2.75) is 32.9 Å². The van der Waals surface area contributed by atoms with Gasteiger partial charge in [0.25, 0.3) is 0 Å². The Balaban J connectivity index is 1.37. The van der Waals surface area contributed by atoms with E-state index in [1.54, 1.807) is 24.5 Å². The highest BCUT2D eigenvalue weighted by molar-refractivity contribution is 7.11. The molecule has 2 heterocycles. The second kappa shape index (κ2) is 9.80. The standard InChI is InChI=1S/C20H28FN5S/c1-15-11-23-19(27-15)13-25-20(22-2)24-12-16-7-9-26(10-8-16)14-17-5-3-4-6-18(17)21/h3-6,11,16H,7-10,12-14H2,1-2H3,(H2,22,24,25). The van der Waals surface area contributed by atoms with Crippen molar-refractivity contribution in [3.63, 3.8) is 0 Å². The Morgan fingerprint density at radius 1 is 1.30 bits per heavy atom. The number of hydrogen-bond acceptors (Lipinski definition) is 4. The number of hydrogen-bond donors (Lipinski definition) is 2. The summed E-state index contributed by atoms with van der Waals surface area (Å²) in [5, 5.41) is 7.81. The molecule has 0 atom stereocenters. The van der Waals surface area contributed by atoms with Crippen molar-refractivity contribution < 1.29 is 4.39 Å². The lowest BCUT2D eigenvalue weighted by Gasteiger charge is -2.32. The third kappa shape index (κ3) is 6.01. The summed E-state index contributed by atoms with van der Waals surface area (Å²) in [6, 6.07) is 7.06. The summed E-state index contributed by atoms with van der Waals surface area (Å²) in [4.78, 5) is 12.2. The van der Waals surface area contributed by atoms with Crippen LogP contribution in [-0.4, -0.2) is 42.5 Å². The Labute approximate surface area is 164 Å². The van der Waals surface area contributed by atoms with E-state index < -0.39 is 0 Å². The van der Waals surface area contributed by atoms with Crippen LogP contribution in [0, 0.1) is 18.7 Å². The quantitative estimate of drug-likeness (QED) is 0.589. The zero-order chi connectivity index (χ0) is 19.1. The molecule has 0 radical (unpaired) electrons. The third-order valence-electron chi connectivity index (χ3n) is 4.92. The van der Waals surface area contributed by atoms with Crippen molar-refractivity contribution in [3.8, 4) is 0 Å². The topological polar surface area (TPSA) is 52.6 Å². The van der Waals surface area contributed by atoms with Gasteiger partial charge in [-0.25, -0.2) is 9.37 Å². The lowest BCUT2D eigenvalue weighted by molar-refractivity contribution is 0.176. The zero-order valence-corrected chi connectivity index (χ0v) is 16.9. The van der Waals surface area contributed by atoms with Crippen LogP contribution in [0.4, 0.5) is 4.39 Å². The molecular weight excluding hydrogens is 361 g/mol. The van der Waals surface area contributed by atoms with Gasteiger partial charge >= 0.3 is 0 Å². The molecule has 0 unspecified atom stereocenters. The predicted molar refractivity (Wildman–Crippen MR) is 109 cm³/mol. The first-order valence-electron chi connectivity index (χ1n) is 9.45. The summed E-state index contributed by atoms with van der Waals surface area (Å²) >= 11 is 1.70. The fraction of sp³-hybridized carbons (Fsp3) is 0.500. The number of aromatic nitrogens is 1. The van der Waals surface area contributed by atoms with Gasteiger partial charge in [0.15, 0.2) is 5.96 Å². The van der Waals surface area contributed by atoms with Gasteiger partial charge in [-0.05, 0) is 44.8 Å². The molecule has 1 aromatic heterocycles. The second-order valence-corrected chi connectivity index (χ2v) is 8.30. The minimum atomic E-state index is -0.105. The van der Waals surface area contributed by atoms with E-state index in [2.05, 4.69) is 32.4 Å². The van der Waals surface area contributed by atoms with Gasteiger partial charge in [-0.3, -0.25) is 9.89 Å². The van der Waals surface area contributed by atoms with Crippen LogP contribution in [0.3, 0.4) is 0 Å².